The quantitative estimate of drug-likeness (QED) is 0.815. The number of aliphatic imine (C=N–C) groups is 2. The van der Waals surface area contributed by atoms with Gasteiger partial charge in [-0.15, -0.1) is 0 Å². The Hall–Kier alpha value is -2.65. The van der Waals surface area contributed by atoms with Crippen molar-refractivity contribution in [2.24, 2.45) is 9.98 Å². The third-order valence-electron chi connectivity index (χ3n) is 3.84. The highest BCUT2D eigenvalue weighted by molar-refractivity contribution is 6.80. The van der Waals surface area contributed by atoms with Crippen molar-refractivity contribution in [3.05, 3.63) is 60.2 Å². The van der Waals surface area contributed by atoms with Gasteiger partial charge in [0.15, 0.2) is 11.3 Å². The van der Waals surface area contributed by atoms with Crippen molar-refractivity contribution in [3.63, 3.8) is 0 Å². The summed E-state index contributed by atoms with van der Waals surface area (Å²) in [6.45, 7) is -1.10. The Morgan fingerprint density at radius 2 is 1.85 bits per heavy atom. The van der Waals surface area contributed by atoms with Crippen LogP contribution in [0, 0.1) is 0 Å². The van der Waals surface area contributed by atoms with Gasteiger partial charge in [0.1, 0.15) is 5.69 Å². The molecule has 1 aliphatic heterocycles. The zero-order valence-electron chi connectivity index (χ0n) is 13.7. The molecule has 1 amide bonds. The normalized spacial score (nSPS) is 21.0. The second-order valence-electron chi connectivity index (χ2n) is 5.65. The van der Waals surface area contributed by atoms with E-state index >= 15 is 4.39 Å². The predicted molar refractivity (Wildman–Crippen MR) is 93.7 cm³/mol. The molecule has 27 heavy (non-hydrogen) atoms. The Morgan fingerprint density at radius 1 is 1.15 bits per heavy atom. The lowest BCUT2D eigenvalue weighted by Crippen LogP contribution is -2.57. The molecule has 1 aliphatic rings. The molecule has 0 aliphatic carbocycles. The fraction of sp³-hybridized carbons (Fsp3) is 0.235. The van der Waals surface area contributed by atoms with Crippen molar-refractivity contribution < 1.29 is 18.0 Å². The standard InChI is InChI=1S/C17H13ClF3N5O/c18-13-9-24-17(15(27)26-13,14(19)11-5-1-3-7-22-11)25-10-16(20,21)12-6-2-4-8-23-12/h1-9,14,25H,10H2. The van der Waals surface area contributed by atoms with Crippen LogP contribution in [-0.2, 0) is 10.7 Å². The van der Waals surface area contributed by atoms with Crippen LogP contribution in [0.5, 0.6) is 0 Å². The predicted octanol–water partition coefficient (Wildman–Crippen LogP) is 2.81. The first-order chi connectivity index (χ1) is 12.8. The van der Waals surface area contributed by atoms with Gasteiger partial charge in [-0.05, 0) is 24.3 Å². The van der Waals surface area contributed by atoms with Crippen LogP contribution in [0.25, 0.3) is 0 Å². The Morgan fingerprint density at radius 3 is 2.44 bits per heavy atom. The molecule has 2 atom stereocenters. The fourth-order valence-corrected chi connectivity index (χ4v) is 2.59. The minimum atomic E-state index is -3.49. The van der Waals surface area contributed by atoms with E-state index in [1.54, 1.807) is 6.07 Å². The Labute approximate surface area is 157 Å². The number of nitrogens with one attached hydrogen (secondary N) is 1. The van der Waals surface area contributed by atoms with E-state index in [1.165, 1.54) is 36.7 Å². The van der Waals surface area contributed by atoms with E-state index in [9.17, 15) is 13.6 Å². The number of alkyl halides is 3. The molecule has 0 spiro atoms. The third kappa shape index (κ3) is 3.88. The molecule has 10 heteroatoms. The van der Waals surface area contributed by atoms with E-state index in [-0.39, 0.29) is 10.9 Å². The van der Waals surface area contributed by atoms with Gasteiger partial charge in [-0.2, -0.15) is 13.8 Å². The molecule has 1 N–H and O–H groups in total. The maximum absolute atomic E-state index is 15.2. The topological polar surface area (TPSA) is 79.6 Å². The zero-order valence-corrected chi connectivity index (χ0v) is 14.4. The number of halogens is 4. The second-order valence-corrected chi connectivity index (χ2v) is 6.04. The Bertz CT molecular complexity index is 879. The molecule has 0 saturated heterocycles. The molecule has 2 unspecified atom stereocenters. The summed E-state index contributed by atoms with van der Waals surface area (Å²) in [5.74, 6) is -4.62. The zero-order chi connectivity index (χ0) is 19.5. The highest BCUT2D eigenvalue weighted by atomic mass is 35.5. The largest absolute Gasteiger partial charge is 0.301 e. The molecule has 3 heterocycles. The molecular formula is C17H13ClF3N5O. The van der Waals surface area contributed by atoms with Gasteiger partial charge in [0, 0.05) is 12.4 Å². The number of carbonyl (C=O) groups is 1. The highest BCUT2D eigenvalue weighted by Gasteiger charge is 2.51. The summed E-state index contributed by atoms with van der Waals surface area (Å²) >= 11 is 5.63. The summed E-state index contributed by atoms with van der Waals surface area (Å²) in [5.41, 5.74) is -3.11. The van der Waals surface area contributed by atoms with Crippen molar-refractivity contribution in [3.8, 4) is 0 Å². The number of carbonyl (C=O) groups excluding carboxylic acids is 1. The second kappa shape index (κ2) is 7.53. The maximum Gasteiger partial charge on any atom is 0.301 e. The third-order valence-corrected chi connectivity index (χ3v) is 4.03. The van der Waals surface area contributed by atoms with Gasteiger partial charge in [-0.1, -0.05) is 23.7 Å². The molecule has 6 nitrogen and oxygen atoms in total. The van der Waals surface area contributed by atoms with E-state index in [0.717, 1.165) is 12.3 Å². The summed E-state index contributed by atoms with van der Waals surface area (Å²) in [4.78, 5) is 27.1. The molecule has 0 saturated carbocycles. The van der Waals surface area contributed by atoms with Crippen LogP contribution < -0.4 is 5.32 Å². The monoisotopic (exact) mass is 395 g/mol. The lowest BCUT2D eigenvalue weighted by Gasteiger charge is -2.33. The molecule has 0 radical (unpaired) electrons. The van der Waals surface area contributed by atoms with Crippen LogP contribution in [-0.4, -0.2) is 39.5 Å². The van der Waals surface area contributed by atoms with E-state index in [2.05, 4.69) is 25.3 Å². The van der Waals surface area contributed by atoms with Crippen molar-refractivity contribution in [2.45, 2.75) is 17.8 Å². The van der Waals surface area contributed by atoms with Gasteiger partial charge in [0.05, 0.1) is 18.5 Å². The molecule has 140 valence electrons. The minimum absolute atomic E-state index is 0.162. The molecule has 3 rings (SSSR count). The van der Waals surface area contributed by atoms with Gasteiger partial charge >= 0.3 is 5.92 Å². The summed E-state index contributed by atoms with van der Waals surface area (Å²) in [5, 5.41) is 1.95. The van der Waals surface area contributed by atoms with Crippen LogP contribution in [0.1, 0.15) is 17.6 Å². The first-order valence-corrected chi connectivity index (χ1v) is 8.16. The number of aromatic nitrogens is 2. The molecule has 2 aromatic heterocycles. The fourth-order valence-electron chi connectivity index (χ4n) is 2.46. The van der Waals surface area contributed by atoms with Crippen LogP contribution in [0.3, 0.4) is 0 Å². The number of amides is 1. The number of nitrogens with zero attached hydrogens (tertiary/aromatic N) is 4. The van der Waals surface area contributed by atoms with Crippen LogP contribution in [0.15, 0.2) is 58.8 Å². The first kappa shape index (κ1) is 19.1. The lowest BCUT2D eigenvalue weighted by atomic mass is 9.98. The van der Waals surface area contributed by atoms with E-state index in [1.807, 2.05) is 0 Å². The molecule has 2 aromatic rings. The minimum Gasteiger partial charge on any atom is -0.276 e. The van der Waals surface area contributed by atoms with Gasteiger partial charge in [-0.25, -0.2) is 4.39 Å². The Balaban J connectivity index is 1.92. The van der Waals surface area contributed by atoms with Crippen molar-refractivity contribution in [2.75, 3.05) is 6.54 Å². The SMILES string of the molecule is O=C1N=C(Cl)C=NC1(NCC(F)(F)c1ccccn1)C(F)c1ccccn1. The van der Waals surface area contributed by atoms with Gasteiger partial charge < -0.3 is 0 Å². The van der Waals surface area contributed by atoms with Crippen molar-refractivity contribution in [1.82, 2.24) is 15.3 Å². The molecule has 0 aromatic carbocycles. The Kier molecular flexibility index (Phi) is 5.33. The van der Waals surface area contributed by atoms with Gasteiger partial charge in [0.2, 0.25) is 5.66 Å². The van der Waals surface area contributed by atoms with Gasteiger partial charge in [0.25, 0.3) is 5.91 Å². The lowest BCUT2D eigenvalue weighted by molar-refractivity contribution is -0.128. The van der Waals surface area contributed by atoms with E-state index in [0.29, 0.717) is 0 Å². The number of hydrogen-bond donors (Lipinski definition) is 1. The molecule has 0 fully saturated rings. The van der Waals surface area contributed by atoms with E-state index in [4.69, 9.17) is 11.6 Å². The molecular weight excluding hydrogens is 383 g/mol. The summed E-state index contributed by atoms with van der Waals surface area (Å²) in [6.07, 6.45) is 1.28. The average Bonchev–Trinajstić information content (AvgIpc) is 2.68. The van der Waals surface area contributed by atoms with E-state index < -0.39 is 35.9 Å². The maximum atomic E-state index is 15.2. The number of pyridine rings is 2. The van der Waals surface area contributed by atoms with Crippen LogP contribution in [0.4, 0.5) is 13.2 Å². The van der Waals surface area contributed by atoms with Crippen molar-refractivity contribution >= 4 is 28.9 Å². The highest BCUT2D eigenvalue weighted by Crippen LogP contribution is 2.35. The van der Waals surface area contributed by atoms with Crippen LogP contribution in [0.2, 0.25) is 0 Å². The summed E-state index contributed by atoms with van der Waals surface area (Å²) < 4.78 is 44.1. The summed E-state index contributed by atoms with van der Waals surface area (Å²) in [6, 6.07) is 8.37. The number of hydrogen-bond acceptors (Lipinski definition) is 5. The average molecular weight is 396 g/mol. The number of rotatable bonds is 6. The van der Waals surface area contributed by atoms with Gasteiger partial charge in [-0.3, -0.25) is 25.1 Å². The first-order valence-electron chi connectivity index (χ1n) is 7.78. The van der Waals surface area contributed by atoms with Crippen LogP contribution >= 0.6 is 11.6 Å². The summed E-state index contributed by atoms with van der Waals surface area (Å²) in [7, 11) is 0. The smallest absolute Gasteiger partial charge is 0.276 e. The van der Waals surface area contributed by atoms with Crippen molar-refractivity contribution in [1.29, 1.82) is 0 Å². The molecule has 0 bridgehead atoms.